The van der Waals surface area contributed by atoms with E-state index in [4.69, 9.17) is 0 Å². The smallest absolute Gasteiger partial charge is 0.223 e. The van der Waals surface area contributed by atoms with Crippen LogP contribution in [0.25, 0.3) is 0 Å². The average molecular weight is 400 g/mol. The van der Waals surface area contributed by atoms with E-state index in [1.165, 1.54) is 6.07 Å². The molecule has 3 rings (SSSR count). The first-order valence-electron chi connectivity index (χ1n) is 10.3. The van der Waals surface area contributed by atoms with Gasteiger partial charge in [-0.1, -0.05) is 12.1 Å². The second kappa shape index (κ2) is 9.78. The van der Waals surface area contributed by atoms with Gasteiger partial charge in [0.2, 0.25) is 5.91 Å². The van der Waals surface area contributed by atoms with Crippen LogP contribution in [0.4, 0.5) is 10.2 Å². The number of halogens is 1. The Labute approximate surface area is 171 Å². The molecule has 29 heavy (non-hydrogen) atoms. The Morgan fingerprint density at radius 3 is 2.83 bits per heavy atom. The van der Waals surface area contributed by atoms with Crippen LogP contribution in [0.1, 0.15) is 54.4 Å². The molecule has 0 unspecified atom stereocenters. The lowest BCUT2D eigenvalue weighted by molar-refractivity contribution is -0.132. The van der Waals surface area contributed by atoms with Gasteiger partial charge in [-0.15, -0.1) is 0 Å². The molecule has 156 valence electrons. The molecule has 2 N–H and O–H groups in total. The Balaban J connectivity index is 1.64. The summed E-state index contributed by atoms with van der Waals surface area (Å²) in [6, 6.07) is 7.01. The fourth-order valence-electron chi connectivity index (χ4n) is 3.85. The molecule has 0 bridgehead atoms. The number of aromatic nitrogens is 2. The fraction of sp³-hybridized carbons (Fsp3) is 0.500. The van der Waals surface area contributed by atoms with Crippen molar-refractivity contribution in [1.82, 2.24) is 20.2 Å². The highest BCUT2D eigenvalue weighted by Crippen LogP contribution is 2.31. The van der Waals surface area contributed by atoms with Gasteiger partial charge in [-0.2, -0.15) is 0 Å². The minimum absolute atomic E-state index is 0.0699. The number of anilines is 1. The number of nitrogens with one attached hydrogen (secondary N) is 2. The van der Waals surface area contributed by atoms with Crippen LogP contribution in [-0.2, 0) is 17.8 Å². The van der Waals surface area contributed by atoms with Crippen LogP contribution in [-0.4, -0.2) is 41.4 Å². The molecule has 0 spiro atoms. The van der Waals surface area contributed by atoms with Crippen molar-refractivity contribution >= 4 is 11.7 Å². The fourth-order valence-corrected chi connectivity index (χ4v) is 3.85. The monoisotopic (exact) mass is 399 g/mol. The molecule has 1 aromatic carbocycles. The molecule has 7 heteroatoms. The summed E-state index contributed by atoms with van der Waals surface area (Å²) in [5, 5.41) is 6.20. The van der Waals surface area contributed by atoms with Crippen LogP contribution in [0.15, 0.2) is 24.3 Å². The normalized spacial score (nSPS) is 16.3. The second-order valence-corrected chi connectivity index (χ2v) is 7.57. The minimum Gasteiger partial charge on any atom is -0.373 e. The molecular weight excluding hydrogens is 369 g/mol. The third-order valence-electron chi connectivity index (χ3n) is 5.36. The molecule has 1 fully saturated rings. The number of benzene rings is 1. The van der Waals surface area contributed by atoms with E-state index in [9.17, 15) is 9.18 Å². The van der Waals surface area contributed by atoms with Crippen LogP contribution < -0.4 is 10.6 Å². The number of likely N-dealkylation sites (tertiary alicyclic amines) is 1. The van der Waals surface area contributed by atoms with E-state index in [2.05, 4.69) is 20.6 Å². The van der Waals surface area contributed by atoms with Crippen molar-refractivity contribution in [3.8, 4) is 0 Å². The summed E-state index contributed by atoms with van der Waals surface area (Å²) in [6.45, 7) is 3.16. The van der Waals surface area contributed by atoms with Crippen molar-refractivity contribution in [1.29, 1.82) is 0 Å². The maximum Gasteiger partial charge on any atom is 0.223 e. The molecule has 1 amide bonds. The van der Waals surface area contributed by atoms with Gasteiger partial charge in [0.15, 0.2) is 5.82 Å². The van der Waals surface area contributed by atoms with Crippen molar-refractivity contribution in [2.24, 2.45) is 0 Å². The first-order valence-corrected chi connectivity index (χ1v) is 10.3. The number of aryl methyl sites for hydroxylation is 2. The predicted octanol–water partition coefficient (Wildman–Crippen LogP) is 3.37. The number of carbonyl (C=O) groups is 1. The van der Waals surface area contributed by atoms with Crippen molar-refractivity contribution in [3.63, 3.8) is 0 Å². The highest BCUT2D eigenvalue weighted by atomic mass is 19.1. The summed E-state index contributed by atoms with van der Waals surface area (Å²) in [4.78, 5) is 24.1. The molecule has 1 aromatic heterocycles. The van der Waals surface area contributed by atoms with Gasteiger partial charge in [0.05, 0.1) is 11.7 Å². The largest absolute Gasteiger partial charge is 0.373 e. The van der Waals surface area contributed by atoms with Crippen molar-refractivity contribution in [2.75, 3.05) is 26.0 Å². The zero-order valence-electron chi connectivity index (χ0n) is 17.5. The molecule has 1 saturated heterocycles. The zero-order valence-corrected chi connectivity index (χ0v) is 17.5. The molecule has 1 aliphatic rings. The summed E-state index contributed by atoms with van der Waals surface area (Å²) in [5.74, 6) is 1.43. The zero-order chi connectivity index (χ0) is 20.8. The molecule has 1 aliphatic heterocycles. The predicted molar refractivity (Wildman–Crippen MR) is 112 cm³/mol. The lowest BCUT2D eigenvalue weighted by Crippen LogP contribution is -2.31. The maximum absolute atomic E-state index is 13.4. The van der Waals surface area contributed by atoms with E-state index in [1.54, 1.807) is 13.0 Å². The summed E-state index contributed by atoms with van der Waals surface area (Å²) in [7, 11) is 3.72. The molecule has 0 saturated carbocycles. The van der Waals surface area contributed by atoms with E-state index in [0.717, 1.165) is 49.3 Å². The summed E-state index contributed by atoms with van der Waals surface area (Å²) >= 11 is 0. The maximum atomic E-state index is 13.4. The Hall–Kier alpha value is -2.54. The van der Waals surface area contributed by atoms with Crippen LogP contribution in [0, 0.1) is 12.7 Å². The van der Waals surface area contributed by atoms with E-state index >= 15 is 0 Å². The van der Waals surface area contributed by atoms with Crippen molar-refractivity contribution in [2.45, 2.75) is 51.6 Å². The Bertz CT molecular complexity index is 857. The molecular formula is C22H30FN5O. The molecule has 0 radical (unpaired) electrons. The lowest BCUT2D eigenvalue weighted by atomic mass is 10.0. The molecule has 2 aromatic rings. The van der Waals surface area contributed by atoms with Gasteiger partial charge in [0.1, 0.15) is 11.6 Å². The summed E-state index contributed by atoms with van der Waals surface area (Å²) < 4.78 is 13.4. The second-order valence-electron chi connectivity index (χ2n) is 7.57. The van der Waals surface area contributed by atoms with Crippen molar-refractivity contribution < 1.29 is 9.18 Å². The molecule has 0 aliphatic carbocycles. The highest BCUT2D eigenvalue weighted by molar-refractivity contribution is 5.77. The number of hydrogen-bond acceptors (Lipinski definition) is 5. The number of amides is 1. The third-order valence-corrected chi connectivity index (χ3v) is 5.36. The first-order chi connectivity index (χ1) is 14.0. The Morgan fingerprint density at radius 1 is 1.28 bits per heavy atom. The highest BCUT2D eigenvalue weighted by Gasteiger charge is 2.32. The molecule has 2 heterocycles. The standard InChI is InChI=1S/C22H30FN5O/c1-15-12-16(9-10-18(15)23)6-4-8-21(29)28-11-5-7-19(28)22-26-17(14-24-2)13-20(25-3)27-22/h9-10,12-13,19,24H,4-8,11,14H2,1-3H3,(H,25,26,27)/t19-/m0/s1. The van der Waals surface area contributed by atoms with E-state index < -0.39 is 0 Å². The van der Waals surface area contributed by atoms with E-state index in [1.807, 2.05) is 31.1 Å². The van der Waals surface area contributed by atoms with Crippen LogP contribution >= 0.6 is 0 Å². The van der Waals surface area contributed by atoms with Gasteiger partial charge in [-0.05, 0) is 56.8 Å². The van der Waals surface area contributed by atoms with Gasteiger partial charge >= 0.3 is 0 Å². The lowest BCUT2D eigenvalue weighted by Gasteiger charge is -2.24. The quantitative estimate of drug-likeness (QED) is 0.712. The number of nitrogens with zero attached hydrogens (tertiary/aromatic N) is 3. The van der Waals surface area contributed by atoms with Gasteiger partial charge < -0.3 is 15.5 Å². The van der Waals surface area contributed by atoms with Crippen LogP contribution in [0.5, 0.6) is 0 Å². The van der Waals surface area contributed by atoms with Gasteiger partial charge in [0, 0.05) is 32.6 Å². The van der Waals surface area contributed by atoms with Gasteiger partial charge in [-0.25, -0.2) is 14.4 Å². The Morgan fingerprint density at radius 2 is 2.10 bits per heavy atom. The number of rotatable bonds is 8. The van der Waals surface area contributed by atoms with E-state index in [0.29, 0.717) is 24.4 Å². The first kappa shape index (κ1) is 21.2. The van der Waals surface area contributed by atoms with Gasteiger partial charge in [-0.3, -0.25) is 4.79 Å². The topological polar surface area (TPSA) is 70.2 Å². The number of hydrogen-bond donors (Lipinski definition) is 2. The SMILES string of the molecule is CNCc1cc(NC)nc([C@@H]2CCCN2C(=O)CCCc2ccc(F)c(C)c2)n1. The minimum atomic E-state index is -0.189. The number of carbonyl (C=O) groups excluding carboxylic acids is 1. The average Bonchev–Trinajstić information content (AvgIpc) is 3.20. The summed E-state index contributed by atoms with van der Waals surface area (Å²) in [5.41, 5.74) is 2.62. The van der Waals surface area contributed by atoms with Crippen molar-refractivity contribution in [3.05, 3.63) is 52.7 Å². The third kappa shape index (κ3) is 5.29. The van der Waals surface area contributed by atoms with Crippen LogP contribution in [0.3, 0.4) is 0 Å². The van der Waals surface area contributed by atoms with Gasteiger partial charge in [0.25, 0.3) is 0 Å². The Kier molecular flexibility index (Phi) is 7.14. The van der Waals surface area contributed by atoms with Crippen LogP contribution in [0.2, 0.25) is 0 Å². The van der Waals surface area contributed by atoms with E-state index in [-0.39, 0.29) is 17.8 Å². The molecule has 6 nitrogen and oxygen atoms in total. The summed E-state index contributed by atoms with van der Waals surface area (Å²) in [6.07, 6.45) is 3.83. The molecule has 1 atom stereocenters.